The van der Waals surface area contributed by atoms with Gasteiger partial charge in [-0.05, 0) is 56.5 Å². The van der Waals surface area contributed by atoms with E-state index in [2.05, 4.69) is 47.1 Å². The zero-order valence-electron chi connectivity index (χ0n) is 11.1. The first-order chi connectivity index (χ1) is 10.0. The van der Waals surface area contributed by atoms with Gasteiger partial charge in [0, 0.05) is 11.9 Å². The average Bonchev–Trinajstić information content (AvgIpc) is 2.84. The maximum absolute atomic E-state index is 13.4. The van der Waals surface area contributed by atoms with Crippen LogP contribution in [0.1, 0.15) is 11.3 Å². The summed E-state index contributed by atoms with van der Waals surface area (Å²) in [5.74, 6) is -0.261. The number of anilines is 1. The molecule has 2 heterocycles. The van der Waals surface area contributed by atoms with Crippen molar-refractivity contribution in [2.24, 2.45) is 0 Å². The average molecular weight is 414 g/mol. The molecule has 108 valence electrons. The molecule has 2 aromatic heterocycles. The SMILES string of the molecule is Cc1cc(F)c(Br)cc1NCc1cnc2cnc(Br)cn12. The van der Waals surface area contributed by atoms with E-state index in [9.17, 15) is 4.39 Å². The molecule has 0 aliphatic heterocycles. The van der Waals surface area contributed by atoms with E-state index in [1.165, 1.54) is 6.07 Å². The second-order valence-electron chi connectivity index (χ2n) is 4.62. The number of halogens is 3. The van der Waals surface area contributed by atoms with Gasteiger partial charge < -0.3 is 5.32 Å². The van der Waals surface area contributed by atoms with Crippen LogP contribution >= 0.6 is 31.9 Å². The maximum Gasteiger partial charge on any atom is 0.155 e. The fourth-order valence-corrected chi connectivity index (χ4v) is 2.72. The highest BCUT2D eigenvalue weighted by Gasteiger charge is 2.07. The van der Waals surface area contributed by atoms with E-state index >= 15 is 0 Å². The molecule has 0 unspecified atom stereocenters. The molecule has 1 N–H and O–H groups in total. The Hall–Kier alpha value is -1.47. The van der Waals surface area contributed by atoms with Gasteiger partial charge in [0.25, 0.3) is 0 Å². The Morgan fingerprint density at radius 2 is 2.05 bits per heavy atom. The molecule has 0 bridgehead atoms. The molecule has 0 spiro atoms. The Labute approximate surface area is 137 Å². The van der Waals surface area contributed by atoms with E-state index in [0.717, 1.165) is 27.2 Å². The van der Waals surface area contributed by atoms with Crippen LogP contribution in [0.15, 0.2) is 39.8 Å². The summed E-state index contributed by atoms with van der Waals surface area (Å²) in [4.78, 5) is 8.44. The molecule has 21 heavy (non-hydrogen) atoms. The van der Waals surface area contributed by atoms with Gasteiger partial charge in [0.1, 0.15) is 10.4 Å². The van der Waals surface area contributed by atoms with Crippen molar-refractivity contribution in [3.63, 3.8) is 0 Å². The van der Waals surface area contributed by atoms with E-state index in [1.54, 1.807) is 18.5 Å². The molecule has 0 fully saturated rings. The fraction of sp³-hybridized carbons (Fsp3) is 0.143. The minimum Gasteiger partial charge on any atom is -0.379 e. The van der Waals surface area contributed by atoms with Gasteiger partial charge in [0.15, 0.2) is 5.65 Å². The minimum atomic E-state index is -0.261. The largest absolute Gasteiger partial charge is 0.379 e. The van der Waals surface area contributed by atoms with Crippen LogP contribution in [0.4, 0.5) is 10.1 Å². The maximum atomic E-state index is 13.4. The van der Waals surface area contributed by atoms with E-state index in [0.29, 0.717) is 11.0 Å². The number of hydrogen-bond acceptors (Lipinski definition) is 3. The van der Waals surface area contributed by atoms with Crippen molar-refractivity contribution in [2.45, 2.75) is 13.5 Å². The first-order valence-corrected chi connectivity index (χ1v) is 7.80. The molecular formula is C14H11Br2FN4. The molecule has 0 amide bonds. The molecule has 4 nitrogen and oxygen atoms in total. The van der Waals surface area contributed by atoms with E-state index < -0.39 is 0 Å². The number of hydrogen-bond donors (Lipinski definition) is 1. The third-order valence-corrected chi connectivity index (χ3v) is 4.19. The molecule has 0 aliphatic rings. The fourth-order valence-electron chi connectivity index (χ4n) is 2.07. The molecule has 0 aliphatic carbocycles. The molecule has 0 saturated carbocycles. The van der Waals surface area contributed by atoms with Crippen molar-refractivity contribution in [2.75, 3.05) is 5.32 Å². The Morgan fingerprint density at radius 3 is 2.86 bits per heavy atom. The first kappa shape index (κ1) is 14.5. The van der Waals surface area contributed by atoms with Crippen LogP contribution in [0.5, 0.6) is 0 Å². The van der Waals surface area contributed by atoms with Crippen molar-refractivity contribution in [3.8, 4) is 0 Å². The second kappa shape index (κ2) is 5.73. The van der Waals surface area contributed by atoms with E-state index in [-0.39, 0.29) is 5.82 Å². The Balaban J connectivity index is 1.87. The lowest BCUT2D eigenvalue weighted by atomic mass is 10.2. The lowest BCUT2D eigenvalue weighted by molar-refractivity contribution is 0.620. The summed E-state index contributed by atoms with van der Waals surface area (Å²) in [5, 5.41) is 3.30. The zero-order valence-corrected chi connectivity index (χ0v) is 14.2. The molecule has 0 atom stereocenters. The summed E-state index contributed by atoms with van der Waals surface area (Å²) in [6, 6.07) is 3.24. The van der Waals surface area contributed by atoms with Crippen molar-refractivity contribution in [3.05, 3.63) is 56.9 Å². The van der Waals surface area contributed by atoms with Crippen molar-refractivity contribution in [1.82, 2.24) is 14.4 Å². The van der Waals surface area contributed by atoms with Crippen molar-refractivity contribution < 1.29 is 4.39 Å². The smallest absolute Gasteiger partial charge is 0.155 e. The summed E-state index contributed by atoms with van der Waals surface area (Å²) >= 11 is 6.55. The van der Waals surface area contributed by atoms with Gasteiger partial charge in [-0.15, -0.1) is 0 Å². The predicted molar refractivity (Wildman–Crippen MR) is 86.9 cm³/mol. The number of rotatable bonds is 3. The number of aromatic nitrogens is 3. The van der Waals surface area contributed by atoms with Gasteiger partial charge in [-0.25, -0.2) is 14.4 Å². The first-order valence-electron chi connectivity index (χ1n) is 6.21. The molecule has 7 heteroatoms. The Bertz CT molecular complexity index is 816. The summed E-state index contributed by atoms with van der Waals surface area (Å²) < 4.78 is 16.6. The molecule has 3 rings (SSSR count). The summed E-state index contributed by atoms with van der Waals surface area (Å²) in [5.41, 5.74) is 3.51. The third kappa shape index (κ3) is 2.94. The molecule has 1 aromatic carbocycles. The number of nitrogens with one attached hydrogen (secondary N) is 1. The molecule has 3 aromatic rings. The monoisotopic (exact) mass is 412 g/mol. The van der Waals surface area contributed by atoms with E-state index in [1.807, 2.05) is 17.5 Å². The molecular weight excluding hydrogens is 403 g/mol. The Kier molecular flexibility index (Phi) is 3.95. The Morgan fingerprint density at radius 1 is 1.24 bits per heavy atom. The van der Waals surface area contributed by atoms with E-state index in [4.69, 9.17) is 0 Å². The van der Waals surface area contributed by atoms with Gasteiger partial charge in [0.2, 0.25) is 0 Å². The van der Waals surface area contributed by atoms with Crippen LogP contribution in [0.2, 0.25) is 0 Å². The molecule has 0 saturated heterocycles. The number of imidazole rings is 1. The predicted octanol–water partition coefficient (Wildman–Crippen LogP) is 4.31. The summed E-state index contributed by atoms with van der Waals surface area (Å²) in [7, 11) is 0. The normalized spacial score (nSPS) is 11.0. The minimum absolute atomic E-state index is 0.261. The highest BCUT2D eigenvalue weighted by molar-refractivity contribution is 9.10. The van der Waals surface area contributed by atoms with Crippen LogP contribution in [-0.4, -0.2) is 14.4 Å². The zero-order chi connectivity index (χ0) is 15.0. The topological polar surface area (TPSA) is 42.2 Å². The standard InChI is InChI=1S/C14H11Br2FN4/c1-8-2-11(17)10(15)3-12(8)18-4-9-5-20-14-6-19-13(16)7-21(9)14/h2-3,5-7,18H,4H2,1H3. The quantitative estimate of drug-likeness (QED) is 0.695. The van der Waals surface area contributed by atoms with Gasteiger partial charge in [0.05, 0.1) is 29.1 Å². The number of benzene rings is 1. The van der Waals surface area contributed by atoms with Gasteiger partial charge >= 0.3 is 0 Å². The number of aryl methyl sites for hydroxylation is 1. The van der Waals surface area contributed by atoms with Crippen LogP contribution in [-0.2, 0) is 6.54 Å². The lowest BCUT2D eigenvalue weighted by Crippen LogP contribution is -2.04. The van der Waals surface area contributed by atoms with Crippen molar-refractivity contribution >= 4 is 43.2 Å². The highest BCUT2D eigenvalue weighted by Crippen LogP contribution is 2.24. The lowest BCUT2D eigenvalue weighted by Gasteiger charge is -2.10. The number of nitrogens with zero attached hydrogens (tertiary/aromatic N) is 3. The van der Waals surface area contributed by atoms with Crippen LogP contribution < -0.4 is 5.32 Å². The summed E-state index contributed by atoms with van der Waals surface area (Å²) in [6.07, 6.45) is 5.37. The summed E-state index contributed by atoms with van der Waals surface area (Å²) in [6.45, 7) is 2.45. The molecule has 0 radical (unpaired) electrons. The van der Waals surface area contributed by atoms with Gasteiger partial charge in [-0.1, -0.05) is 0 Å². The highest BCUT2D eigenvalue weighted by atomic mass is 79.9. The van der Waals surface area contributed by atoms with Crippen molar-refractivity contribution in [1.29, 1.82) is 0 Å². The van der Waals surface area contributed by atoms with Gasteiger partial charge in [-0.3, -0.25) is 4.40 Å². The van der Waals surface area contributed by atoms with Crippen LogP contribution in [0, 0.1) is 12.7 Å². The van der Waals surface area contributed by atoms with Crippen LogP contribution in [0.25, 0.3) is 5.65 Å². The second-order valence-corrected chi connectivity index (χ2v) is 6.29. The van der Waals surface area contributed by atoms with Crippen LogP contribution in [0.3, 0.4) is 0 Å². The third-order valence-electron chi connectivity index (χ3n) is 3.17. The van der Waals surface area contributed by atoms with Gasteiger partial charge in [-0.2, -0.15) is 0 Å². The number of fused-ring (bicyclic) bond motifs is 1.